The van der Waals surface area contributed by atoms with Crippen LogP contribution in [0.1, 0.15) is 18.4 Å². The van der Waals surface area contributed by atoms with E-state index >= 15 is 0 Å². The van der Waals surface area contributed by atoms with Crippen molar-refractivity contribution < 1.29 is 19.0 Å². The summed E-state index contributed by atoms with van der Waals surface area (Å²) in [6.07, 6.45) is 0.926. The van der Waals surface area contributed by atoms with Gasteiger partial charge in [-0.15, -0.1) is 0 Å². The summed E-state index contributed by atoms with van der Waals surface area (Å²) in [5, 5.41) is 20.7. The van der Waals surface area contributed by atoms with E-state index in [-0.39, 0.29) is 5.56 Å². The van der Waals surface area contributed by atoms with Gasteiger partial charge in [0.05, 0.1) is 11.3 Å². The van der Waals surface area contributed by atoms with Crippen molar-refractivity contribution in [1.29, 1.82) is 5.26 Å². The molecule has 0 spiro atoms. The van der Waals surface area contributed by atoms with Crippen LogP contribution in [0.15, 0.2) is 18.2 Å². The summed E-state index contributed by atoms with van der Waals surface area (Å²) in [6, 6.07) is 4.59. The molecule has 1 aromatic carbocycles. The third-order valence-corrected chi connectivity index (χ3v) is 2.57. The minimum Gasteiger partial charge on any atom is -0.480 e. The molecular formula is C13H15FN2O3. The summed E-state index contributed by atoms with van der Waals surface area (Å²) in [7, 11) is 1.54. The second kappa shape index (κ2) is 7.34. The first-order valence-corrected chi connectivity index (χ1v) is 5.76. The second-order valence-corrected chi connectivity index (χ2v) is 3.97. The maximum Gasteiger partial charge on any atom is 0.326 e. The van der Waals surface area contributed by atoms with Gasteiger partial charge in [0.15, 0.2) is 0 Å². The fourth-order valence-electron chi connectivity index (χ4n) is 1.61. The second-order valence-electron chi connectivity index (χ2n) is 3.97. The zero-order valence-electron chi connectivity index (χ0n) is 10.5. The summed E-state index contributed by atoms with van der Waals surface area (Å²) >= 11 is 0. The first kappa shape index (κ1) is 14.9. The van der Waals surface area contributed by atoms with E-state index in [4.69, 9.17) is 15.1 Å². The van der Waals surface area contributed by atoms with E-state index in [1.807, 2.05) is 6.07 Å². The number of carbonyl (C=O) groups is 1. The molecule has 19 heavy (non-hydrogen) atoms. The maximum absolute atomic E-state index is 13.0. The highest BCUT2D eigenvalue weighted by molar-refractivity contribution is 5.78. The Labute approximate surface area is 110 Å². The average Bonchev–Trinajstić information content (AvgIpc) is 2.39. The van der Waals surface area contributed by atoms with Crippen molar-refractivity contribution in [2.24, 2.45) is 0 Å². The summed E-state index contributed by atoms with van der Waals surface area (Å²) in [6.45, 7) is 0.458. The number of nitrogens with zero attached hydrogens (tertiary/aromatic N) is 1. The lowest BCUT2D eigenvalue weighted by molar-refractivity contribution is -0.138. The van der Waals surface area contributed by atoms with Crippen molar-refractivity contribution in [3.63, 3.8) is 0 Å². The van der Waals surface area contributed by atoms with E-state index in [9.17, 15) is 9.18 Å². The van der Waals surface area contributed by atoms with Gasteiger partial charge < -0.3 is 15.2 Å². The van der Waals surface area contributed by atoms with Gasteiger partial charge in [0, 0.05) is 13.7 Å². The summed E-state index contributed by atoms with van der Waals surface area (Å²) in [5.41, 5.74) is 0.395. The van der Waals surface area contributed by atoms with Crippen LogP contribution in [0.5, 0.6) is 0 Å². The zero-order chi connectivity index (χ0) is 14.3. The average molecular weight is 266 g/mol. The van der Waals surface area contributed by atoms with Crippen LogP contribution in [0.25, 0.3) is 0 Å². The number of nitriles is 1. The molecular weight excluding hydrogens is 251 g/mol. The number of anilines is 1. The minimum absolute atomic E-state index is 0.0815. The van der Waals surface area contributed by atoms with Crippen LogP contribution in [0, 0.1) is 17.1 Å². The van der Waals surface area contributed by atoms with E-state index in [2.05, 4.69) is 5.32 Å². The molecule has 1 rings (SSSR count). The Morgan fingerprint density at radius 3 is 2.95 bits per heavy atom. The summed E-state index contributed by atoms with van der Waals surface area (Å²) < 4.78 is 17.8. The van der Waals surface area contributed by atoms with Crippen molar-refractivity contribution >= 4 is 11.7 Å². The standard InChI is InChI=1S/C13H15FN2O3/c1-19-6-2-3-12(13(17)18)16-11-5-4-10(14)7-9(11)8-15/h4-5,7,12,16H,2-3,6H2,1H3,(H,17,18). The summed E-state index contributed by atoms with van der Waals surface area (Å²) in [4.78, 5) is 11.1. The normalized spacial score (nSPS) is 11.6. The number of hydrogen-bond acceptors (Lipinski definition) is 4. The number of aliphatic carboxylic acids is 1. The lowest BCUT2D eigenvalue weighted by atomic mass is 10.1. The van der Waals surface area contributed by atoms with Gasteiger partial charge in [0.25, 0.3) is 0 Å². The highest BCUT2D eigenvalue weighted by Gasteiger charge is 2.18. The van der Waals surface area contributed by atoms with Crippen LogP contribution in [0.2, 0.25) is 0 Å². The van der Waals surface area contributed by atoms with Crippen molar-refractivity contribution in [2.45, 2.75) is 18.9 Å². The van der Waals surface area contributed by atoms with Crippen molar-refractivity contribution in [3.8, 4) is 6.07 Å². The number of rotatable bonds is 7. The number of carboxylic acids is 1. The third-order valence-electron chi connectivity index (χ3n) is 2.57. The molecule has 102 valence electrons. The van der Waals surface area contributed by atoms with Gasteiger partial charge in [-0.2, -0.15) is 5.26 Å². The smallest absolute Gasteiger partial charge is 0.326 e. The van der Waals surface area contributed by atoms with E-state index in [0.29, 0.717) is 25.1 Å². The Hall–Kier alpha value is -2.13. The molecule has 2 N–H and O–H groups in total. The highest BCUT2D eigenvalue weighted by atomic mass is 19.1. The van der Waals surface area contributed by atoms with Crippen molar-refractivity contribution in [2.75, 3.05) is 19.0 Å². The predicted molar refractivity (Wildman–Crippen MR) is 67.3 cm³/mol. The number of nitrogens with one attached hydrogen (secondary N) is 1. The molecule has 0 heterocycles. The van der Waals surface area contributed by atoms with Gasteiger partial charge in [-0.3, -0.25) is 0 Å². The number of methoxy groups -OCH3 is 1. The predicted octanol–water partition coefficient (Wildman–Crippen LogP) is 1.99. The largest absolute Gasteiger partial charge is 0.480 e. The van der Waals surface area contributed by atoms with Crippen LogP contribution in [-0.4, -0.2) is 30.8 Å². The monoisotopic (exact) mass is 266 g/mol. The van der Waals surface area contributed by atoms with E-state index in [0.717, 1.165) is 6.07 Å². The number of carboxylic acid groups (broad SMARTS) is 1. The van der Waals surface area contributed by atoms with Gasteiger partial charge in [0.2, 0.25) is 0 Å². The molecule has 0 radical (unpaired) electrons. The fraction of sp³-hybridized carbons (Fsp3) is 0.385. The molecule has 0 bridgehead atoms. The molecule has 6 heteroatoms. The maximum atomic E-state index is 13.0. The van der Waals surface area contributed by atoms with E-state index in [1.165, 1.54) is 19.2 Å². The van der Waals surface area contributed by atoms with Crippen LogP contribution >= 0.6 is 0 Å². The number of halogens is 1. The molecule has 0 aliphatic carbocycles. The first-order chi connectivity index (χ1) is 9.08. The Morgan fingerprint density at radius 2 is 2.37 bits per heavy atom. The van der Waals surface area contributed by atoms with Gasteiger partial charge in [-0.25, -0.2) is 9.18 Å². The van der Waals surface area contributed by atoms with Crippen LogP contribution < -0.4 is 5.32 Å². The molecule has 0 aliphatic heterocycles. The van der Waals surface area contributed by atoms with Gasteiger partial charge >= 0.3 is 5.97 Å². The SMILES string of the molecule is COCCCC(Nc1ccc(F)cc1C#N)C(=O)O. The Morgan fingerprint density at radius 1 is 1.63 bits per heavy atom. The summed E-state index contributed by atoms with van der Waals surface area (Å²) in [5.74, 6) is -1.56. The fourth-order valence-corrected chi connectivity index (χ4v) is 1.61. The van der Waals surface area contributed by atoms with E-state index < -0.39 is 17.8 Å². The molecule has 0 fully saturated rings. The first-order valence-electron chi connectivity index (χ1n) is 5.76. The lowest BCUT2D eigenvalue weighted by Crippen LogP contribution is -2.29. The van der Waals surface area contributed by atoms with Crippen LogP contribution in [0.4, 0.5) is 10.1 Å². The quantitative estimate of drug-likeness (QED) is 0.737. The molecule has 0 saturated heterocycles. The van der Waals surface area contributed by atoms with Gasteiger partial charge in [-0.05, 0) is 31.0 Å². The Kier molecular flexibility index (Phi) is 5.76. The molecule has 1 aromatic rings. The number of hydrogen-bond donors (Lipinski definition) is 2. The molecule has 5 nitrogen and oxygen atoms in total. The van der Waals surface area contributed by atoms with E-state index in [1.54, 1.807) is 0 Å². The number of ether oxygens (including phenoxy) is 1. The molecule has 0 aliphatic rings. The zero-order valence-corrected chi connectivity index (χ0v) is 10.5. The molecule has 0 saturated carbocycles. The Bertz CT molecular complexity index is 485. The molecule has 1 unspecified atom stereocenters. The van der Waals surface area contributed by atoms with Crippen LogP contribution in [-0.2, 0) is 9.53 Å². The van der Waals surface area contributed by atoms with Crippen LogP contribution in [0.3, 0.4) is 0 Å². The lowest BCUT2D eigenvalue weighted by Gasteiger charge is -2.16. The molecule has 1 atom stereocenters. The Balaban J connectivity index is 2.79. The van der Waals surface area contributed by atoms with Gasteiger partial charge in [0.1, 0.15) is 17.9 Å². The highest BCUT2D eigenvalue weighted by Crippen LogP contribution is 2.18. The minimum atomic E-state index is -1.02. The van der Waals surface area contributed by atoms with Gasteiger partial charge in [-0.1, -0.05) is 0 Å². The molecule has 0 aromatic heterocycles. The van der Waals surface area contributed by atoms with Crippen molar-refractivity contribution in [1.82, 2.24) is 0 Å². The third kappa shape index (κ3) is 4.56. The molecule has 0 amide bonds. The van der Waals surface area contributed by atoms with Crippen molar-refractivity contribution in [3.05, 3.63) is 29.6 Å². The number of benzene rings is 1. The topological polar surface area (TPSA) is 82.3 Å².